The van der Waals surface area contributed by atoms with Crippen molar-refractivity contribution in [2.24, 2.45) is 0 Å². The molecule has 0 radical (unpaired) electrons. The van der Waals surface area contributed by atoms with Crippen molar-refractivity contribution < 1.29 is 38.4 Å². The average molecular weight is 545 g/mol. The number of hydrogen-bond acceptors (Lipinski definition) is 7. The van der Waals surface area contributed by atoms with Crippen molar-refractivity contribution in [3.8, 4) is 5.75 Å². The Balaban J connectivity index is 1.47. The van der Waals surface area contributed by atoms with Gasteiger partial charge in [0.25, 0.3) is 0 Å². The van der Waals surface area contributed by atoms with Crippen LogP contribution >= 0.6 is 11.6 Å². The monoisotopic (exact) mass is 544 g/mol. The molecule has 1 aliphatic carbocycles. The number of ether oxygens (including phenoxy) is 4. The first-order chi connectivity index (χ1) is 18.1. The first-order valence-corrected chi connectivity index (χ1v) is 13.3. The Morgan fingerprint density at radius 2 is 1.74 bits per heavy atom. The van der Waals surface area contributed by atoms with E-state index in [1.165, 1.54) is 13.8 Å². The summed E-state index contributed by atoms with van der Waals surface area (Å²) in [6.45, 7) is 2.80. The number of carbonyl (C=O) groups excluding carboxylic acids is 2. The highest BCUT2D eigenvalue weighted by Gasteiger charge is 2.43. The third-order valence-corrected chi connectivity index (χ3v) is 7.41. The lowest BCUT2D eigenvalue weighted by molar-refractivity contribution is -0.169. The Labute approximate surface area is 227 Å². The van der Waals surface area contributed by atoms with Crippen molar-refractivity contribution in [1.82, 2.24) is 0 Å². The Bertz CT molecular complexity index is 1160. The van der Waals surface area contributed by atoms with Crippen molar-refractivity contribution in [1.29, 1.82) is 0 Å². The van der Waals surface area contributed by atoms with E-state index in [4.69, 9.17) is 30.5 Å². The van der Waals surface area contributed by atoms with E-state index in [-0.39, 0.29) is 24.8 Å². The molecular weight excluding hydrogens is 512 g/mol. The number of carboxylic acid groups (broad SMARTS) is 1. The molecular formula is C29H33ClO8. The van der Waals surface area contributed by atoms with E-state index in [9.17, 15) is 19.5 Å². The molecule has 0 spiro atoms. The highest BCUT2D eigenvalue weighted by molar-refractivity contribution is 6.31. The predicted molar refractivity (Wildman–Crippen MR) is 139 cm³/mol. The summed E-state index contributed by atoms with van der Waals surface area (Å²) in [5.74, 6) is -1.15. The Morgan fingerprint density at radius 1 is 1.03 bits per heavy atom. The SMILES string of the molecule is CC(=O)OCC1CC(OC(C)=O)CC(c2ccc(Cl)c(Cc3ccc(OC4(C(=O)O)CCCC4)cc3)c2)O1. The molecule has 3 atom stereocenters. The summed E-state index contributed by atoms with van der Waals surface area (Å²) in [4.78, 5) is 34.7. The summed E-state index contributed by atoms with van der Waals surface area (Å²) in [7, 11) is 0. The third kappa shape index (κ3) is 7.05. The van der Waals surface area contributed by atoms with Crippen LogP contribution in [0.5, 0.6) is 5.75 Å². The molecule has 1 saturated carbocycles. The van der Waals surface area contributed by atoms with Gasteiger partial charge in [0.05, 0.1) is 12.2 Å². The van der Waals surface area contributed by atoms with Crippen LogP contribution in [0.1, 0.15) is 75.2 Å². The first kappa shape index (κ1) is 27.9. The molecule has 204 valence electrons. The van der Waals surface area contributed by atoms with Crippen molar-refractivity contribution in [2.75, 3.05) is 6.61 Å². The molecule has 2 aromatic carbocycles. The maximum absolute atomic E-state index is 11.8. The Morgan fingerprint density at radius 3 is 2.37 bits per heavy atom. The molecule has 2 fully saturated rings. The van der Waals surface area contributed by atoms with Crippen LogP contribution in [-0.4, -0.2) is 47.4 Å². The minimum atomic E-state index is -1.14. The summed E-state index contributed by atoms with van der Waals surface area (Å²) in [6, 6.07) is 13.1. The number of aliphatic carboxylic acids is 1. The number of esters is 2. The van der Waals surface area contributed by atoms with Gasteiger partial charge < -0.3 is 24.1 Å². The number of halogens is 1. The number of benzene rings is 2. The molecule has 8 nitrogen and oxygen atoms in total. The zero-order chi connectivity index (χ0) is 27.3. The van der Waals surface area contributed by atoms with Gasteiger partial charge in [-0.25, -0.2) is 4.79 Å². The molecule has 1 heterocycles. The topological polar surface area (TPSA) is 108 Å². The van der Waals surface area contributed by atoms with Gasteiger partial charge in [-0.05, 0) is 67.0 Å². The summed E-state index contributed by atoms with van der Waals surface area (Å²) >= 11 is 6.54. The van der Waals surface area contributed by atoms with E-state index >= 15 is 0 Å². The molecule has 0 amide bonds. The van der Waals surface area contributed by atoms with Gasteiger partial charge in [0.1, 0.15) is 18.5 Å². The molecule has 2 aromatic rings. The van der Waals surface area contributed by atoms with E-state index in [2.05, 4.69) is 0 Å². The van der Waals surface area contributed by atoms with E-state index in [1.54, 1.807) is 12.1 Å². The van der Waals surface area contributed by atoms with Crippen molar-refractivity contribution in [3.05, 3.63) is 64.2 Å². The van der Waals surface area contributed by atoms with Gasteiger partial charge in [-0.2, -0.15) is 0 Å². The highest BCUT2D eigenvalue weighted by atomic mass is 35.5. The zero-order valence-electron chi connectivity index (χ0n) is 21.6. The maximum atomic E-state index is 11.8. The smallest absolute Gasteiger partial charge is 0.348 e. The van der Waals surface area contributed by atoms with Crippen LogP contribution in [-0.2, 0) is 35.0 Å². The average Bonchev–Trinajstić information content (AvgIpc) is 3.35. The summed E-state index contributed by atoms with van der Waals surface area (Å²) in [5, 5.41) is 10.3. The van der Waals surface area contributed by atoms with Gasteiger partial charge in [0, 0.05) is 31.7 Å². The maximum Gasteiger partial charge on any atom is 0.348 e. The van der Waals surface area contributed by atoms with Crippen molar-refractivity contribution in [2.45, 2.75) is 82.7 Å². The third-order valence-electron chi connectivity index (χ3n) is 7.04. The summed E-state index contributed by atoms with van der Waals surface area (Å²) < 4.78 is 22.8. The van der Waals surface area contributed by atoms with Crippen molar-refractivity contribution >= 4 is 29.5 Å². The Hall–Kier alpha value is -3.10. The van der Waals surface area contributed by atoms with E-state index in [0.29, 0.717) is 42.9 Å². The molecule has 1 saturated heterocycles. The second kappa shape index (κ2) is 12.2. The van der Waals surface area contributed by atoms with Gasteiger partial charge in [0.15, 0.2) is 0 Å². The van der Waals surface area contributed by atoms with E-state index < -0.39 is 23.6 Å². The minimum Gasteiger partial charge on any atom is -0.478 e. The van der Waals surface area contributed by atoms with Crippen LogP contribution in [0, 0.1) is 0 Å². The molecule has 2 aliphatic rings. The molecule has 0 bridgehead atoms. The fourth-order valence-corrected chi connectivity index (χ4v) is 5.38. The van der Waals surface area contributed by atoms with Gasteiger partial charge >= 0.3 is 17.9 Å². The van der Waals surface area contributed by atoms with Crippen LogP contribution in [0.15, 0.2) is 42.5 Å². The fourth-order valence-electron chi connectivity index (χ4n) is 5.19. The molecule has 4 rings (SSSR count). The second-order valence-corrected chi connectivity index (χ2v) is 10.4. The predicted octanol–water partition coefficient (Wildman–Crippen LogP) is 5.42. The lowest BCUT2D eigenvalue weighted by Gasteiger charge is -2.35. The molecule has 3 unspecified atom stereocenters. The van der Waals surface area contributed by atoms with Crippen molar-refractivity contribution in [3.63, 3.8) is 0 Å². The number of hydrogen-bond donors (Lipinski definition) is 1. The van der Waals surface area contributed by atoms with E-state index in [0.717, 1.165) is 29.5 Å². The van der Waals surface area contributed by atoms with Crippen LogP contribution in [0.4, 0.5) is 0 Å². The second-order valence-electron chi connectivity index (χ2n) is 10.0. The van der Waals surface area contributed by atoms with Crippen LogP contribution in [0.25, 0.3) is 0 Å². The van der Waals surface area contributed by atoms with Crippen LogP contribution in [0.3, 0.4) is 0 Å². The lowest BCUT2D eigenvalue weighted by atomic mass is 9.93. The first-order valence-electron chi connectivity index (χ1n) is 12.9. The number of rotatable bonds is 9. The number of carbonyl (C=O) groups is 3. The van der Waals surface area contributed by atoms with E-state index in [1.807, 2.05) is 30.3 Å². The molecule has 38 heavy (non-hydrogen) atoms. The summed E-state index contributed by atoms with van der Waals surface area (Å²) in [6.07, 6.45) is 3.07. The highest BCUT2D eigenvalue weighted by Crippen LogP contribution is 2.37. The lowest BCUT2D eigenvalue weighted by Crippen LogP contribution is -2.41. The Kier molecular flexibility index (Phi) is 8.95. The molecule has 0 aromatic heterocycles. The van der Waals surface area contributed by atoms with Gasteiger partial charge in [-0.15, -0.1) is 0 Å². The van der Waals surface area contributed by atoms with Gasteiger partial charge in [-0.3, -0.25) is 9.59 Å². The minimum absolute atomic E-state index is 0.0849. The summed E-state index contributed by atoms with van der Waals surface area (Å²) in [5.41, 5.74) is 1.63. The van der Waals surface area contributed by atoms with Crippen LogP contribution < -0.4 is 4.74 Å². The zero-order valence-corrected chi connectivity index (χ0v) is 22.4. The number of carboxylic acids is 1. The molecule has 1 aliphatic heterocycles. The standard InChI is InChI=1S/C29H33ClO8/c1-18(31)35-17-25-15-24(36-19(2)32)16-27(37-25)21-7-10-26(30)22(14-21)13-20-5-8-23(9-6-20)38-29(28(33)34)11-3-4-12-29/h5-10,14,24-25,27H,3-4,11-13,15-17H2,1-2H3,(H,33,34). The van der Waals surface area contributed by atoms with Gasteiger partial charge in [-0.1, -0.05) is 35.9 Å². The molecule has 9 heteroatoms. The quantitative estimate of drug-likeness (QED) is 0.417. The largest absolute Gasteiger partial charge is 0.478 e. The normalized spacial score (nSPS) is 22.4. The molecule has 1 N–H and O–H groups in total. The van der Waals surface area contributed by atoms with Crippen LogP contribution in [0.2, 0.25) is 5.02 Å². The fraction of sp³-hybridized carbons (Fsp3) is 0.483. The van der Waals surface area contributed by atoms with Gasteiger partial charge in [0.2, 0.25) is 5.60 Å².